The molecule has 0 bridgehead atoms. The van der Waals surface area contributed by atoms with Crippen LogP contribution in [0.1, 0.15) is 44.1 Å². The lowest BCUT2D eigenvalue weighted by Gasteiger charge is -2.14. The van der Waals surface area contributed by atoms with Gasteiger partial charge in [-0.3, -0.25) is 4.79 Å². The fourth-order valence-corrected chi connectivity index (χ4v) is 2.64. The minimum atomic E-state index is 0.143. The molecule has 102 valence electrons. The zero-order valence-electron chi connectivity index (χ0n) is 11.0. The van der Waals surface area contributed by atoms with Gasteiger partial charge in [0.1, 0.15) is 4.99 Å². The van der Waals surface area contributed by atoms with Crippen LogP contribution in [-0.2, 0) is 4.79 Å². The van der Waals surface area contributed by atoms with Gasteiger partial charge in [0.25, 0.3) is 0 Å². The third-order valence-electron chi connectivity index (χ3n) is 3.66. The van der Waals surface area contributed by atoms with E-state index >= 15 is 0 Å². The molecular formula is C15H20N2OS. The van der Waals surface area contributed by atoms with Crippen LogP contribution >= 0.6 is 12.2 Å². The van der Waals surface area contributed by atoms with Gasteiger partial charge >= 0.3 is 0 Å². The zero-order valence-corrected chi connectivity index (χ0v) is 11.8. The Morgan fingerprint density at radius 1 is 1.11 bits per heavy atom. The van der Waals surface area contributed by atoms with E-state index in [9.17, 15) is 4.79 Å². The Labute approximate surface area is 119 Å². The largest absolute Gasteiger partial charge is 0.389 e. The monoisotopic (exact) mass is 276 g/mol. The number of nitrogens with one attached hydrogen (secondary N) is 1. The summed E-state index contributed by atoms with van der Waals surface area (Å²) >= 11 is 4.90. The Hall–Kier alpha value is -1.42. The number of carbonyl (C=O) groups is 1. The lowest BCUT2D eigenvalue weighted by Crippen LogP contribution is -2.22. The summed E-state index contributed by atoms with van der Waals surface area (Å²) in [6.45, 7) is 0. The summed E-state index contributed by atoms with van der Waals surface area (Å²) in [7, 11) is 0. The summed E-state index contributed by atoms with van der Waals surface area (Å²) < 4.78 is 0. The van der Waals surface area contributed by atoms with Gasteiger partial charge in [-0.2, -0.15) is 0 Å². The first-order valence-corrected chi connectivity index (χ1v) is 7.28. The highest BCUT2D eigenvalue weighted by molar-refractivity contribution is 7.80. The van der Waals surface area contributed by atoms with Crippen LogP contribution in [0.5, 0.6) is 0 Å². The van der Waals surface area contributed by atoms with E-state index in [0.29, 0.717) is 4.99 Å². The summed E-state index contributed by atoms with van der Waals surface area (Å²) in [5, 5.41) is 2.98. The van der Waals surface area contributed by atoms with Crippen molar-refractivity contribution in [2.75, 3.05) is 5.32 Å². The molecule has 0 atom stereocenters. The molecule has 1 aliphatic rings. The lowest BCUT2D eigenvalue weighted by molar-refractivity contribution is -0.120. The van der Waals surface area contributed by atoms with Gasteiger partial charge in [-0.05, 0) is 37.1 Å². The lowest BCUT2D eigenvalue weighted by atomic mass is 9.99. The fraction of sp³-hybridized carbons (Fsp3) is 0.467. The summed E-state index contributed by atoms with van der Waals surface area (Å²) in [5.74, 6) is 0.308. The third kappa shape index (κ3) is 4.03. The van der Waals surface area contributed by atoms with Crippen molar-refractivity contribution in [2.45, 2.75) is 38.5 Å². The molecule has 0 aromatic heterocycles. The molecule has 1 aliphatic carbocycles. The molecule has 1 aromatic carbocycles. The van der Waals surface area contributed by atoms with Gasteiger partial charge in [0.05, 0.1) is 0 Å². The van der Waals surface area contributed by atoms with Gasteiger partial charge < -0.3 is 11.1 Å². The third-order valence-corrected chi connectivity index (χ3v) is 3.90. The molecule has 3 nitrogen and oxygen atoms in total. The van der Waals surface area contributed by atoms with Crippen LogP contribution in [0.4, 0.5) is 5.69 Å². The molecule has 4 heteroatoms. The van der Waals surface area contributed by atoms with Crippen molar-refractivity contribution in [3.05, 3.63) is 29.8 Å². The normalized spacial score (nSPS) is 16.6. The number of anilines is 1. The van der Waals surface area contributed by atoms with E-state index in [1.807, 2.05) is 24.3 Å². The Balaban J connectivity index is 1.95. The van der Waals surface area contributed by atoms with Crippen molar-refractivity contribution in [3.8, 4) is 0 Å². The smallest absolute Gasteiger partial charge is 0.227 e. The van der Waals surface area contributed by atoms with Gasteiger partial charge in [0.2, 0.25) is 5.91 Å². The second-order valence-corrected chi connectivity index (χ2v) is 5.56. The van der Waals surface area contributed by atoms with E-state index in [1.54, 1.807) is 0 Å². The number of nitrogens with two attached hydrogens (primary N) is 1. The van der Waals surface area contributed by atoms with Crippen molar-refractivity contribution in [3.63, 3.8) is 0 Å². The highest BCUT2D eigenvalue weighted by Crippen LogP contribution is 2.24. The summed E-state index contributed by atoms with van der Waals surface area (Å²) in [6, 6.07) is 7.38. The van der Waals surface area contributed by atoms with Gasteiger partial charge in [-0.15, -0.1) is 0 Å². The second-order valence-electron chi connectivity index (χ2n) is 5.12. The minimum Gasteiger partial charge on any atom is -0.389 e. The molecule has 0 aliphatic heterocycles. The topological polar surface area (TPSA) is 55.1 Å². The number of amides is 1. The average Bonchev–Trinajstić information content (AvgIpc) is 2.68. The molecule has 2 rings (SSSR count). The molecule has 0 unspecified atom stereocenters. The molecule has 1 aromatic rings. The molecule has 1 saturated carbocycles. The predicted octanol–water partition coefficient (Wildman–Crippen LogP) is 3.23. The average molecular weight is 276 g/mol. The molecule has 0 radical (unpaired) electrons. The number of hydrogen-bond acceptors (Lipinski definition) is 2. The van der Waals surface area contributed by atoms with Crippen LogP contribution in [0, 0.1) is 5.92 Å². The number of hydrogen-bond donors (Lipinski definition) is 2. The number of thiocarbonyl (C=S) groups is 1. The van der Waals surface area contributed by atoms with E-state index in [4.69, 9.17) is 18.0 Å². The first kappa shape index (κ1) is 14.0. The van der Waals surface area contributed by atoms with E-state index in [0.717, 1.165) is 24.1 Å². The van der Waals surface area contributed by atoms with Crippen molar-refractivity contribution < 1.29 is 4.79 Å². The first-order valence-electron chi connectivity index (χ1n) is 6.87. The molecule has 0 saturated heterocycles. The van der Waals surface area contributed by atoms with Crippen LogP contribution in [0.2, 0.25) is 0 Å². The maximum atomic E-state index is 12.2. The standard InChI is InChI=1S/C15H20N2OS/c16-14(19)11-7-9-13(10-8-11)17-15(18)12-5-3-1-2-4-6-12/h7-10,12H,1-6H2,(H2,16,19)(H,17,18). The molecule has 3 N–H and O–H groups in total. The van der Waals surface area contributed by atoms with Crippen molar-refractivity contribution >= 4 is 28.8 Å². The van der Waals surface area contributed by atoms with Crippen LogP contribution in [-0.4, -0.2) is 10.9 Å². The molecular weight excluding hydrogens is 256 g/mol. The predicted molar refractivity (Wildman–Crippen MR) is 82.2 cm³/mol. The van der Waals surface area contributed by atoms with Crippen LogP contribution in [0.25, 0.3) is 0 Å². The zero-order chi connectivity index (χ0) is 13.7. The SMILES string of the molecule is NC(=S)c1ccc(NC(=O)C2CCCCCC2)cc1. The van der Waals surface area contributed by atoms with Gasteiger partial charge in [0.15, 0.2) is 0 Å². The molecule has 0 heterocycles. The van der Waals surface area contributed by atoms with E-state index < -0.39 is 0 Å². The maximum Gasteiger partial charge on any atom is 0.227 e. The quantitative estimate of drug-likeness (QED) is 0.658. The molecule has 1 fully saturated rings. The van der Waals surface area contributed by atoms with E-state index in [1.165, 1.54) is 25.7 Å². The maximum absolute atomic E-state index is 12.2. The van der Waals surface area contributed by atoms with Gasteiger partial charge in [-0.1, -0.05) is 37.9 Å². The number of benzene rings is 1. The van der Waals surface area contributed by atoms with Gasteiger partial charge in [0, 0.05) is 17.2 Å². The summed E-state index contributed by atoms with van der Waals surface area (Å²) in [5.41, 5.74) is 7.18. The van der Waals surface area contributed by atoms with E-state index in [-0.39, 0.29) is 11.8 Å². The van der Waals surface area contributed by atoms with Crippen LogP contribution < -0.4 is 11.1 Å². The Kier molecular flexibility index (Phi) is 4.91. The second kappa shape index (κ2) is 6.66. The minimum absolute atomic E-state index is 0.143. The van der Waals surface area contributed by atoms with Crippen molar-refractivity contribution in [1.29, 1.82) is 0 Å². The molecule has 19 heavy (non-hydrogen) atoms. The Morgan fingerprint density at radius 2 is 1.68 bits per heavy atom. The van der Waals surface area contributed by atoms with Crippen LogP contribution in [0.15, 0.2) is 24.3 Å². The highest BCUT2D eigenvalue weighted by atomic mass is 32.1. The van der Waals surface area contributed by atoms with E-state index in [2.05, 4.69) is 5.32 Å². The number of rotatable bonds is 3. The first-order chi connectivity index (χ1) is 9.16. The molecule has 1 amide bonds. The fourth-order valence-electron chi connectivity index (χ4n) is 2.50. The Bertz CT molecular complexity index is 448. The van der Waals surface area contributed by atoms with Crippen molar-refractivity contribution in [1.82, 2.24) is 0 Å². The van der Waals surface area contributed by atoms with Crippen molar-refractivity contribution in [2.24, 2.45) is 11.7 Å². The number of carbonyl (C=O) groups excluding carboxylic acids is 1. The molecule has 0 spiro atoms. The summed E-state index contributed by atoms with van der Waals surface area (Å²) in [6.07, 6.45) is 6.86. The highest BCUT2D eigenvalue weighted by Gasteiger charge is 2.19. The van der Waals surface area contributed by atoms with Crippen LogP contribution in [0.3, 0.4) is 0 Å². The Morgan fingerprint density at radius 3 is 2.21 bits per heavy atom. The van der Waals surface area contributed by atoms with Gasteiger partial charge in [-0.25, -0.2) is 0 Å². The summed E-state index contributed by atoms with van der Waals surface area (Å²) in [4.78, 5) is 12.6.